The van der Waals surface area contributed by atoms with Gasteiger partial charge < -0.3 is 10.6 Å². The third kappa shape index (κ3) is 8.41. The average molecular weight is 516 g/mol. The first-order valence-electron chi connectivity index (χ1n) is 10.2. The standard InChI is InChI=1S/C18H37N5O2S.HI/c1-4-19-18(20-12-8-13-23(5-2)26(3,24)25)21-16-11-14-22(15-16)17-9-6-7-10-17;/h16-17H,4-15H2,1-3H3,(H2,19,20,21);1H. The van der Waals surface area contributed by atoms with Crippen molar-refractivity contribution in [2.75, 3.05) is 45.5 Å². The van der Waals surface area contributed by atoms with Crippen molar-refractivity contribution in [3.8, 4) is 0 Å². The largest absolute Gasteiger partial charge is 0.357 e. The molecule has 1 atom stereocenters. The molecule has 0 aromatic rings. The summed E-state index contributed by atoms with van der Waals surface area (Å²) >= 11 is 0. The molecule has 0 spiro atoms. The van der Waals surface area contributed by atoms with Gasteiger partial charge in [-0.3, -0.25) is 9.89 Å². The van der Waals surface area contributed by atoms with Crippen LogP contribution in [0, 0.1) is 0 Å². The average Bonchev–Trinajstić information content (AvgIpc) is 3.24. The zero-order chi connectivity index (χ0) is 19.0. The van der Waals surface area contributed by atoms with Crippen molar-refractivity contribution in [2.45, 2.75) is 64.5 Å². The summed E-state index contributed by atoms with van der Waals surface area (Å²) in [6, 6.07) is 1.24. The Bertz CT molecular complexity index is 552. The van der Waals surface area contributed by atoms with E-state index in [4.69, 9.17) is 0 Å². The van der Waals surface area contributed by atoms with E-state index in [9.17, 15) is 8.42 Å². The van der Waals surface area contributed by atoms with Gasteiger partial charge in [0.25, 0.3) is 0 Å². The molecule has 0 radical (unpaired) electrons. The highest BCUT2D eigenvalue weighted by atomic mass is 127. The van der Waals surface area contributed by atoms with E-state index in [1.54, 1.807) is 0 Å². The predicted octanol–water partition coefficient (Wildman–Crippen LogP) is 1.85. The molecular weight excluding hydrogens is 477 g/mol. The molecule has 0 amide bonds. The van der Waals surface area contributed by atoms with Gasteiger partial charge in [-0.15, -0.1) is 24.0 Å². The van der Waals surface area contributed by atoms with Gasteiger partial charge in [-0.05, 0) is 32.6 Å². The Morgan fingerprint density at radius 2 is 1.93 bits per heavy atom. The Balaban J connectivity index is 0.00000364. The molecule has 1 aliphatic carbocycles. The molecule has 7 nitrogen and oxygen atoms in total. The highest BCUT2D eigenvalue weighted by molar-refractivity contribution is 14.0. The molecule has 2 aliphatic rings. The lowest BCUT2D eigenvalue weighted by atomic mass is 10.2. The van der Waals surface area contributed by atoms with E-state index >= 15 is 0 Å². The van der Waals surface area contributed by atoms with Crippen LogP contribution in [-0.2, 0) is 10.0 Å². The summed E-state index contributed by atoms with van der Waals surface area (Å²) in [5.41, 5.74) is 0. The van der Waals surface area contributed by atoms with E-state index in [-0.39, 0.29) is 24.0 Å². The molecule has 1 saturated carbocycles. The Kier molecular flexibility index (Phi) is 11.5. The van der Waals surface area contributed by atoms with Crippen LogP contribution in [0.3, 0.4) is 0 Å². The van der Waals surface area contributed by atoms with Gasteiger partial charge in [0, 0.05) is 51.4 Å². The number of rotatable bonds is 9. The molecule has 1 aliphatic heterocycles. The molecule has 9 heteroatoms. The van der Waals surface area contributed by atoms with Gasteiger partial charge in [0.2, 0.25) is 10.0 Å². The molecule has 1 saturated heterocycles. The topological polar surface area (TPSA) is 77.0 Å². The number of hydrogen-bond donors (Lipinski definition) is 2. The number of sulfonamides is 1. The fourth-order valence-corrected chi connectivity index (χ4v) is 4.95. The van der Waals surface area contributed by atoms with Gasteiger partial charge >= 0.3 is 0 Å². The lowest BCUT2D eigenvalue weighted by Gasteiger charge is -2.24. The van der Waals surface area contributed by atoms with E-state index in [1.165, 1.54) is 49.2 Å². The fraction of sp³-hybridized carbons (Fsp3) is 0.944. The van der Waals surface area contributed by atoms with E-state index < -0.39 is 10.0 Å². The second kappa shape index (κ2) is 12.4. The van der Waals surface area contributed by atoms with Crippen molar-refractivity contribution in [3.05, 3.63) is 0 Å². The molecule has 27 heavy (non-hydrogen) atoms. The third-order valence-corrected chi connectivity index (χ3v) is 6.78. The lowest BCUT2D eigenvalue weighted by molar-refractivity contribution is 0.242. The molecular formula is C18H38IN5O2S. The van der Waals surface area contributed by atoms with Crippen LogP contribution in [0.2, 0.25) is 0 Å². The molecule has 2 rings (SSSR count). The summed E-state index contributed by atoms with van der Waals surface area (Å²) in [4.78, 5) is 7.28. The maximum atomic E-state index is 11.6. The third-order valence-electron chi connectivity index (χ3n) is 5.40. The Morgan fingerprint density at radius 3 is 2.52 bits per heavy atom. The first-order chi connectivity index (χ1) is 12.4. The molecule has 160 valence electrons. The smallest absolute Gasteiger partial charge is 0.211 e. The van der Waals surface area contributed by atoms with Crippen molar-refractivity contribution in [3.63, 3.8) is 0 Å². The molecule has 2 fully saturated rings. The van der Waals surface area contributed by atoms with Crippen LogP contribution in [-0.4, -0.2) is 81.2 Å². The molecule has 1 heterocycles. The summed E-state index contributed by atoms with van der Waals surface area (Å²) in [7, 11) is -3.11. The summed E-state index contributed by atoms with van der Waals surface area (Å²) in [5.74, 6) is 0.855. The predicted molar refractivity (Wildman–Crippen MR) is 123 cm³/mol. The number of aliphatic imine (C=N–C) groups is 1. The molecule has 0 bridgehead atoms. The Morgan fingerprint density at radius 1 is 1.22 bits per heavy atom. The van der Waals surface area contributed by atoms with Gasteiger partial charge in [0.05, 0.1) is 6.26 Å². The Labute approximate surface area is 182 Å². The van der Waals surface area contributed by atoms with Crippen LogP contribution in [0.15, 0.2) is 4.99 Å². The minimum atomic E-state index is -3.11. The number of hydrogen-bond acceptors (Lipinski definition) is 4. The highest BCUT2D eigenvalue weighted by Crippen LogP contribution is 2.26. The minimum absolute atomic E-state index is 0. The van der Waals surface area contributed by atoms with E-state index in [0.717, 1.165) is 31.5 Å². The summed E-state index contributed by atoms with van der Waals surface area (Å²) in [5, 5.41) is 6.88. The fourth-order valence-electron chi connectivity index (χ4n) is 4.02. The maximum Gasteiger partial charge on any atom is 0.211 e. The van der Waals surface area contributed by atoms with Crippen LogP contribution in [0.5, 0.6) is 0 Å². The summed E-state index contributed by atoms with van der Waals surface area (Å²) in [6.07, 6.45) is 8.64. The highest BCUT2D eigenvalue weighted by Gasteiger charge is 2.30. The molecule has 2 N–H and O–H groups in total. The summed E-state index contributed by atoms with van der Waals surface area (Å²) < 4.78 is 24.7. The second-order valence-electron chi connectivity index (χ2n) is 7.43. The van der Waals surface area contributed by atoms with Gasteiger partial charge in [-0.1, -0.05) is 19.8 Å². The van der Waals surface area contributed by atoms with Crippen LogP contribution in [0.1, 0.15) is 52.4 Å². The van der Waals surface area contributed by atoms with Crippen LogP contribution in [0.25, 0.3) is 0 Å². The normalized spacial score (nSPS) is 22.2. The lowest BCUT2D eigenvalue weighted by Crippen LogP contribution is -2.45. The van der Waals surface area contributed by atoms with Crippen LogP contribution < -0.4 is 10.6 Å². The van der Waals surface area contributed by atoms with Gasteiger partial charge in [-0.2, -0.15) is 0 Å². The van der Waals surface area contributed by atoms with Crippen molar-refractivity contribution in [1.29, 1.82) is 0 Å². The zero-order valence-corrected chi connectivity index (χ0v) is 20.3. The van der Waals surface area contributed by atoms with Crippen molar-refractivity contribution >= 4 is 40.0 Å². The van der Waals surface area contributed by atoms with Gasteiger partial charge in [-0.25, -0.2) is 12.7 Å². The van der Waals surface area contributed by atoms with Gasteiger partial charge in [0.15, 0.2) is 5.96 Å². The number of likely N-dealkylation sites (tertiary alicyclic amines) is 1. The van der Waals surface area contributed by atoms with E-state index in [1.807, 2.05) is 6.92 Å². The number of guanidine groups is 1. The van der Waals surface area contributed by atoms with Crippen LogP contribution >= 0.6 is 24.0 Å². The monoisotopic (exact) mass is 515 g/mol. The van der Waals surface area contributed by atoms with Crippen molar-refractivity contribution < 1.29 is 8.42 Å². The minimum Gasteiger partial charge on any atom is -0.357 e. The first kappa shape index (κ1) is 24.9. The van der Waals surface area contributed by atoms with Gasteiger partial charge in [0.1, 0.15) is 0 Å². The van der Waals surface area contributed by atoms with Crippen LogP contribution in [0.4, 0.5) is 0 Å². The Hall–Kier alpha value is -0.130. The molecule has 1 unspecified atom stereocenters. The summed E-state index contributed by atoms with van der Waals surface area (Å²) in [6.45, 7) is 8.71. The quantitative estimate of drug-likeness (QED) is 0.212. The van der Waals surface area contributed by atoms with E-state index in [2.05, 4.69) is 27.4 Å². The number of nitrogens with zero attached hydrogens (tertiary/aromatic N) is 3. The van der Waals surface area contributed by atoms with Crippen molar-refractivity contribution in [1.82, 2.24) is 19.8 Å². The first-order valence-corrected chi connectivity index (χ1v) is 12.0. The number of nitrogens with one attached hydrogen (secondary N) is 2. The molecule has 0 aromatic heterocycles. The maximum absolute atomic E-state index is 11.6. The zero-order valence-electron chi connectivity index (χ0n) is 17.1. The number of halogens is 1. The van der Waals surface area contributed by atoms with E-state index in [0.29, 0.717) is 25.7 Å². The second-order valence-corrected chi connectivity index (χ2v) is 9.41. The SMILES string of the molecule is CCNC(=NCCCN(CC)S(C)(=O)=O)NC1CCN(C2CCCC2)C1.I. The van der Waals surface area contributed by atoms with Crippen molar-refractivity contribution in [2.24, 2.45) is 4.99 Å². The molecule has 0 aromatic carbocycles.